The van der Waals surface area contributed by atoms with E-state index in [0.717, 1.165) is 0 Å². The van der Waals surface area contributed by atoms with Gasteiger partial charge >= 0.3 is 51.3 Å². The maximum Gasteiger partial charge on any atom is 0.459 e. The third-order valence-electron chi connectivity index (χ3n) is 16.8. The molecule has 4 aromatic heterocycles. The standard InChI is InChI=1S/2C34H43N6O11P/c2*1-20(2)31(41)48-28-27(25-11-12-26-30(36)37-19-38-40(25)26)50-34(17-35,29(28)49-32(42)21(3)4)18-46-52(44,51-24-9-7-6-8-10-24)39-22(5)33(43)47-23-13-15-45-16-14-23/h2*6-12,19-23,27-29H,13-16,18H2,1-5H3,(H,39,44)(H2,36,37,38)/t22-,27-,28-,29-,34+,52+;22-,27-,28-,29-,34+,52-/m00/s1. The van der Waals surface area contributed by atoms with E-state index >= 15 is 0 Å². The second-order valence-electron chi connectivity index (χ2n) is 26.2. The van der Waals surface area contributed by atoms with Gasteiger partial charge in [-0.25, -0.2) is 28.1 Å². The number of nitriles is 2. The number of nitrogens with two attached hydrogens (primary N) is 2. The topological polar surface area (TPSA) is 450 Å². The Morgan fingerprint density at radius 3 is 1.17 bits per heavy atom. The van der Waals surface area contributed by atoms with Crippen molar-refractivity contribution in [2.45, 2.75) is 167 Å². The largest absolute Gasteiger partial charge is 0.461 e. The maximum atomic E-state index is 14.5. The van der Waals surface area contributed by atoms with Gasteiger partial charge in [0.15, 0.2) is 36.1 Å². The number of hydrogen-bond acceptors (Lipinski definition) is 30. The van der Waals surface area contributed by atoms with Crippen molar-refractivity contribution >= 4 is 74.0 Å². The van der Waals surface area contributed by atoms with Crippen LogP contribution in [0.3, 0.4) is 0 Å². The molecule has 6 N–H and O–H groups in total. The van der Waals surface area contributed by atoms with E-state index in [1.54, 1.807) is 116 Å². The van der Waals surface area contributed by atoms with Crippen LogP contribution in [0.2, 0.25) is 0 Å². The van der Waals surface area contributed by atoms with Crippen LogP contribution in [0.4, 0.5) is 11.6 Å². The zero-order valence-corrected chi connectivity index (χ0v) is 60.8. The van der Waals surface area contributed by atoms with Crippen LogP contribution in [0, 0.1) is 46.3 Å². The number of para-hydroxylation sites is 2. The molecule has 2 aromatic carbocycles. The minimum absolute atomic E-state index is 0.114. The highest BCUT2D eigenvalue weighted by atomic mass is 31.2. The Morgan fingerprint density at radius 2 is 0.846 bits per heavy atom. The molecule has 0 saturated carbocycles. The Hall–Kier alpha value is -9.18. The first-order valence-electron chi connectivity index (χ1n) is 33.8. The normalized spacial score (nSPS) is 23.8. The van der Waals surface area contributed by atoms with E-state index in [1.165, 1.54) is 59.8 Å². The van der Waals surface area contributed by atoms with Crippen molar-refractivity contribution in [1.82, 2.24) is 39.4 Å². The lowest BCUT2D eigenvalue weighted by Gasteiger charge is -2.31. The van der Waals surface area contributed by atoms with E-state index in [0.29, 0.717) is 63.1 Å². The number of nitrogens with zero attached hydrogens (tertiary/aromatic N) is 8. The van der Waals surface area contributed by atoms with Crippen LogP contribution in [0.25, 0.3) is 11.0 Å². The van der Waals surface area contributed by atoms with Crippen molar-refractivity contribution in [3.63, 3.8) is 0 Å². The van der Waals surface area contributed by atoms with Gasteiger partial charge < -0.3 is 67.9 Å². The number of carbonyl (C=O) groups excluding carboxylic acids is 6. The number of aromatic nitrogens is 6. The molecule has 0 aliphatic carbocycles. The van der Waals surface area contributed by atoms with Crippen LogP contribution in [0.1, 0.15) is 119 Å². The molecule has 36 heteroatoms. The number of hydrogen-bond donors (Lipinski definition) is 4. The van der Waals surface area contributed by atoms with E-state index in [1.807, 2.05) is 12.1 Å². The fourth-order valence-corrected chi connectivity index (χ4v) is 14.0. The molecule has 0 bridgehead atoms. The molecule has 4 aliphatic rings. The Bertz CT molecular complexity index is 3920. The number of fused-ring (bicyclic) bond motifs is 2. The molecular formula is C68H86N12O22P2. The molecule has 12 atom stereocenters. The highest BCUT2D eigenvalue weighted by Crippen LogP contribution is 2.52. The summed E-state index contributed by atoms with van der Waals surface area (Å²) in [6, 6.07) is 24.1. The first-order valence-corrected chi connectivity index (χ1v) is 36.9. The van der Waals surface area contributed by atoms with Gasteiger partial charge in [-0.05, 0) is 62.4 Å². The number of nitrogens with one attached hydrogen (secondary N) is 2. The number of rotatable bonds is 28. The van der Waals surface area contributed by atoms with Gasteiger partial charge in [0.2, 0.25) is 11.2 Å². The van der Waals surface area contributed by atoms with Gasteiger partial charge in [0, 0.05) is 25.7 Å². The fourth-order valence-electron chi connectivity index (χ4n) is 11.0. The second-order valence-corrected chi connectivity index (χ2v) is 29.6. The molecule has 560 valence electrons. The Kier molecular flexibility index (Phi) is 26.3. The summed E-state index contributed by atoms with van der Waals surface area (Å²) >= 11 is 0. The first kappa shape index (κ1) is 78.9. The van der Waals surface area contributed by atoms with E-state index in [4.69, 9.17) is 76.9 Å². The first-order chi connectivity index (χ1) is 49.5. The number of esters is 6. The summed E-state index contributed by atoms with van der Waals surface area (Å²) in [4.78, 5) is 86.8. The number of benzene rings is 2. The predicted molar refractivity (Wildman–Crippen MR) is 364 cm³/mol. The molecular weight excluding hydrogens is 1400 g/mol. The van der Waals surface area contributed by atoms with Crippen molar-refractivity contribution in [2.75, 3.05) is 51.1 Å². The zero-order chi connectivity index (χ0) is 75.3. The van der Waals surface area contributed by atoms with Gasteiger partial charge in [-0.2, -0.15) is 30.9 Å². The average Bonchev–Trinajstić information content (AvgIpc) is 1.59. The summed E-state index contributed by atoms with van der Waals surface area (Å²) < 4.78 is 114. The summed E-state index contributed by atoms with van der Waals surface area (Å²) in [7, 11) is -9.16. The average molecular weight is 1490 g/mol. The van der Waals surface area contributed by atoms with Crippen LogP contribution in [-0.4, -0.2) is 165 Å². The van der Waals surface area contributed by atoms with Crippen LogP contribution in [0.15, 0.2) is 97.6 Å². The van der Waals surface area contributed by atoms with Gasteiger partial charge in [-0.1, -0.05) is 91.8 Å². The lowest BCUT2D eigenvalue weighted by Crippen LogP contribution is -2.50. The third-order valence-corrected chi connectivity index (χ3v) is 20.0. The Balaban J connectivity index is 0.000000241. The molecule has 0 amide bonds. The van der Waals surface area contributed by atoms with E-state index in [9.17, 15) is 48.4 Å². The van der Waals surface area contributed by atoms with Gasteiger partial charge in [-0.15, -0.1) is 0 Å². The number of anilines is 2. The maximum absolute atomic E-state index is 14.5. The summed E-state index contributed by atoms with van der Waals surface area (Å²) in [5.41, 5.74) is 8.96. The van der Waals surface area contributed by atoms with Gasteiger partial charge in [0.1, 0.15) is 97.0 Å². The van der Waals surface area contributed by atoms with Crippen LogP contribution in [-0.2, 0) is 94.3 Å². The van der Waals surface area contributed by atoms with E-state index in [-0.39, 0.29) is 46.7 Å². The van der Waals surface area contributed by atoms with Gasteiger partial charge in [0.05, 0.1) is 61.5 Å². The van der Waals surface area contributed by atoms with Gasteiger partial charge in [-0.3, -0.25) is 37.8 Å². The van der Waals surface area contributed by atoms with Crippen LogP contribution in [0.5, 0.6) is 11.5 Å². The highest BCUT2D eigenvalue weighted by Gasteiger charge is 2.64. The third kappa shape index (κ3) is 19.0. The van der Waals surface area contributed by atoms with Gasteiger partial charge in [0.25, 0.3) is 0 Å². The van der Waals surface area contributed by atoms with Crippen molar-refractivity contribution in [1.29, 1.82) is 10.5 Å². The van der Waals surface area contributed by atoms with Crippen LogP contribution >= 0.6 is 15.5 Å². The summed E-state index contributed by atoms with van der Waals surface area (Å²) in [5, 5.41) is 35.4. The summed E-state index contributed by atoms with van der Waals surface area (Å²) in [6.07, 6.45) is -5.00. The van der Waals surface area contributed by atoms with Crippen molar-refractivity contribution < 1.29 is 103 Å². The summed E-state index contributed by atoms with van der Waals surface area (Å²) in [6.45, 7) is 15.7. The minimum Gasteiger partial charge on any atom is -0.461 e. The number of nitrogen functional groups attached to an aromatic ring is 2. The smallest absolute Gasteiger partial charge is 0.459 e. The lowest BCUT2D eigenvalue weighted by atomic mass is 9.95. The van der Waals surface area contributed by atoms with E-state index in [2.05, 4.69) is 30.3 Å². The molecule has 34 nitrogen and oxygen atoms in total. The second kappa shape index (κ2) is 34.6. The monoisotopic (exact) mass is 1480 g/mol. The molecule has 8 heterocycles. The van der Waals surface area contributed by atoms with Crippen molar-refractivity contribution in [2.24, 2.45) is 23.7 Å². The lowest BCUT2D eigenvalue weighted by molar-refractivity contribution is -0.173. The molecule has 4 aliphatic heterocycles. The fraction of sp³-hybridized carbons (Fsp3) is 0.529. The highest BCUT2D eigenvalue weighted by molar-refractivity contribution is 7.52. The van der Waals surface area contributed by atoms with E-state index < -0.39 is 148 Å². The number of ether oxygens (including phenoxy) is 10. The van der Waals surface area contributed by atoms with Crippen LogP contribution < -0.4 is 30.7 Å². The molecule has 4 fully saturated rings. The molecule has 10 rings (SSSR count). The molecule has 104 heavy (non-hydrogen) atoms. The minimum atomic E-state index is -4.58. The molecule has 0 radical (unpaired) electrons. The zero-order valence-electron chi connectivity index (χ0n) is 59.0. The predicted octanol–water partition coefficient (Wildman–Crippen LogP) is 7.37. The van der Waals surface area contributed by atoms with Crippen molar-refractivity contribution in [3.8, 4) is 23.6 Å². The SMILES string of the molecule is CC(C)C(=O)O[C@H]1[C@H](c2ccc3c(N)ncnn23)O[C@](C#N)(CO[P@@](=O)(N[C@@H](C)C(=O)OC2CCOCC2)Oc2ccccc2)[C@H]1OC(=O)C(C)C.CC(C)C(=O)O[C@H]1[C@H](c2ccc3c(N)ncnn23)O[C@](C#N)(CO[P@](=O)(N[C@@H](C)C(=O)OC2CCOCC2)Oc2ccccc2)[C@H]1OC(=O)C(C)C. The number of carbonyl (C=O) groups is 6. The Labute approximate surface area is 599 Å². The molecule has 4 saturated heterocycles. The van der Waals surface area contributed by atoms with Crippen molar-refractivity contribution in [3.05, 3.63) is 109 Å². The molecule has 6 aromatic rings. The molecule has 0 spiro atoms. The Morgan fingerprint density at radius 1 is 0.510 bits per heavy atom. The summed E-state index contributed by atoms with van der Waals surface area (Å²) in [5.74, 6) is -6.34. The quantitative estimate of drug-likeness (QED) is 0.0211. The molecule has 0 unspecified atom stereocenters.